The molecule has 0 bridgehead atoms. The van der Waals surface area contributed by atoms with Crippen LogP contribution >= 0.6 is 0 Å². The van der Waals surface area contributed by atoms with E-state index in [0.29, 0.717) is 18.0 Å². The van der Waals surface area contributed by atoms with E-state index in [1.54, 1.807) is 26.5 Å². The Morgan fingerprint density at radius 1 is 1.12 bits per heavy atom. The summed E-state index contributed by atoms with van der Waals surface area (Å²) in [7, 11) is 3.15. The van der Waals surface area contributed by atoms with E-state index in [1.165, 1.54) is 0 Å². The molecule has 0 atom stereocenters. The fraction of sp³-hybridized carbons (Fsp3) is 0.263. The van der Waals surface area contributed by atoms with Gasteiger partial charge in [0.15, 0.2) is 18.1 Å². The molecule has 0 aromatic heterocycles. The van der Waals surface area contributed by atoms with Crippen molar-refractivity contribution in [3.05, 3.63) is 59.2 Å². The van der Waals surface area contributed by atoms with Crippen molar-refractivity contribution in [1.82, 2.24) is 5.32 Å². The van der Waals surface area contributed by atoms with Crippen LogP contribution in [0.3, 0.4) is 0 Å². The van der Waals surface area contributed by atoms with E-state index < -0.39 is 0 Å². The van der Waals surface area contributed by atoms with Crippen LogP contribution in [0.5, 0.6) is 11.5 Å². The number of carbonyl (C=O) groups excluding carboxylic acids is 1. The van der Waals surface area contributed by atoms with Gasteiger partial charge in [0.05, 0.1) is 20.4 Å². The summed E-state index contributed by atoms with van der Waals surface area (Å²) in [5, 5.41) is 6.59. The summed E-state index contributed by atoms with van der Waals surface area (Å²) in [4.78, 5) is 16.8. The fourth-order valence-corrected chi connectivity index (χ4v) is 2.16. The molecule has 25 heavy (non-hydrogen) atoms. The minimum absolute atomic E-state index is 0.143. The molecule has 0 fully saturated rings. The Balaban J connectivity index is 1.78. The topological polar surface area (TPSA) is 69.2 Å². The average Bonchev–Trinajstić information content (AvgIpc) is 2.64. The van der Waals surface area contributed by atoms with Crippen LogP contribution < -0.4 is 14.8 Å². The number of methoxy groups -OCH3 is 2. The highest BCUT2D eigenvalue weighted by atomic mass is 16.6. The maximum atomic E-state index is 11.8. The summed E-state index contributed by atoms with van der Waals surface area (Å²) in [6.45, 7) is 2.21. The Morgan fingerprint density at radius 2 is 1.88 bits per heavy atom. The molecule has 2 aromatic carbocycles. The lowest BCUT2D eigenvalue weighted by Gasteiger charge is -2.10. The molecule has 2 rings (SSSR count). The van der Waals surface area contributed by atoms with Gasteiger partial charge in [0.25, 0.3) is 5.91 Å². The van der Waals surface area contributed by atoms with Gasteiger partial charge < -0.3 is 19.6 Å². The molecule has 0 aliphatic heterocycles. The molecular weight excluding hydrogens is 320 g/mol. The summed E-state index contributed by atoms with van der Waals surface area (Å²) in [5.74, 6) is 1.01. The Labute approximate surface area is 147 Å². The molecule has 1 N–H and O–H groups in total. The smallest absolute Gasteiger partial charge is 0.261 e. The molecule has 0 saturated heterocycles. The van der Waals surface area contributed by atoms with Gasteiger partial charge in [-0.05, 0) is 35.7 Å². The van der Waals surface area contributed by atoms with Gasteiger partial charge in [-0.1, -0.05) is 35.5 Å². The third-order valence-corrected chi connectivity index (χ3v) is 3.59. The number of nitrogens with one attached hydrogen (secondary N) is 1. The van der Waals surface area contributed by atoms with Gasteiger partial charge >= 0.3 is 0 Å². The molecule has 0 radical (unpaired) electrons. The Bertz CT molecular complexity index is 744. The molecule has 0 aliphatic carbocycles. The standard InChI is InChI=1S/C19H22N2O4/c1-14-6-4-5-7-16(14)12-21-25-13-19(22)20-11-15-8-9-17(23-2)18(10-15)24-3/h4-10,12H,11,13H2,1-3H3,(H,20,22)/b21-12+. The number of hydrogen-bond acceptors (Lipinski definition) is 5. The van der Waals surface area contributed by atoms with Crippen molar-refractivity contribution in [3.63, 3.8) is 0 Å². The Hall–Kier alpha value is -3.02. The third-order valence-electron chi connectivity index (χ3n) is 3.59. The van der Waals surface area contributed by atoms with Crippen LogP contribution in [-0.2, 0) is 16.2 Å². The second-order valence-corrected chi connectivity index (χ2v) is 5.33. The largest absolute Gasteiger partial charge is 0.493 e. The number of hydrogen-bond donors (Lipinski definition) is 1. The molecule has 2 aromatic rings. The SMILES string of the molecule is COc1ccc(CNC(=O)CO/N=C/c2ccccc2C)cc1OC. The quantitative estimate of drug-likeness (QED) is 0.591. The van der Waals surface area contributed by atoms with E-state index in [4.69, 9.17) is 14.3 Å². The number of rotatable bonds is 8. The van der Waals surface area contributed by atoms with Crippen LogP contribution in [0.4, 0.5) is 0 Å². The minimum Gasteiger partial charge on any atom is -0.493 e. The van der Waals surface area contributed by atoms with Crippen LogP contribution in [0, 0.1) is 6.92 Å². The van der Waals surface area contributed by atoms with Crippen molar-refractivity contribution in [1.29, 1.82) is 0 Å². The maximum absolute atomic E-state index is 11.8. The van der Waals surface area contributed by atoms with E-state index in [2.05, 4.69) is 10.5 Å². The molecule has 0 saturated carbocycles. The van der Waals surface area contributed by atoms with E-state index in [1.807, 2.05) is 43.3 Å². The van der Waals surface area contributed by atoms with Crippen LogP contribution in [-0.4, -0.2) is 32.9 Å². The maximum Gasteiger partial charge on any atom is 0.261 e. The van der Waals surface area contributed by atoms with Crippen LogP contribution in [0.1, 0.15) is 16.7 Å². The second kappa shape index (κ2) is 9.32. The summed E-state index contributed by atoms with van der Waals surface area (Å²) in [6.07, 6.45) is 1.59. The zero-order valence-corrected chi connectivity index (χ0v) is 14.6. The summed E-state index contributed by atoms with van der Waals surface area (Å²) >= 11 is 0. The van der Waals surface area contributed by atoms with E-state index >= 15 is 0 Å². The fourth-order valence-electron chi connectivity index (χ4n) is 2.16. The molecule has 0 heterocycles. The van der Waals surface area contributed by atoms with Gasteiger partial charge in [0.2, 0.25) is 0 Å². The molecule has 6 heteroatoms. The first kappa shape index (κ1) is 18.3. The van der Waals surface area contributed by atoms with Crippen LogP contribution in [0.15, 0.2) is 47.6 Å². The molecule has 1 amide bonds. The average molecular weight is 342 g/mol. The van der Waals surface area contributed by atoms with Crippen molar-refractivity contribution < 1.29 is 19.1 Å². The Kier molecular flexibility index (Phi) is 6.83. The van der Waals surface area contributed by atoms with Gasteiger partial charge in [0, 0.05) is 6.54 Å². The van der Waals surface area contributed by atoms with Crippen molar-refractivity contribution in [2.24, 2.45) is 5.16 Å². The van der Waals surface area contributed by atoms with Gasteiger partial charge in [0.1, 0.15) is 0 Å². The monoisotopic (exact) mass is 342 g/mol. The zero-order valence-electron chi connectivity index (χ0n) is 14.6. The highest BCUT2D eigenvalue weighted by Gasteiger charge is 2.06. The normalized spacial score (nSPS) is 10.5. The molecule has 0 unspecified atom stereocenters. The second-order valence-electron chi connectivity index (χ2n) is 5.33. The van der Waals surface area contributed by atoms with Crippen molar-refractivity contribution in [2.75, 3.05) is 20.8 Å². The summed E-state index contributed by atoms with van der Waals surface area (Å²) in [5.41, 5.74) is 2.94. The van der Waals surface area contributed by atoms with Gasteiger partial charge in [-0.15, -0.1) is 0 Å². The number of ether oxygens (including phenoxy) is 2. The molecular formula is C19H22N2O4. The van der Waals surface area contributed by atoms with Crippen LogP contribution in [0.2, 0.25) is 0 Å². The Morgan fingerprint density at radius 3 is 2.60 bits per heavy atom. The zero-order chi connectivity index (χ0) is 18.1. The first-order valence-corrected chi connectivity index (χ1v) is 7.82. The predicted molar refractivity (Wildman–Crippen MR) is 96.1 cm³/mol. The molecule has 0 aliphatic rings. The lowest BCUT2D eigenvalue weighted by atomic mass is 10.1. The predicted octanol–water partition coefficient (Wildman–Crippen LogP) is 2.68. The number of nitrogens with zero attached hydrogens (tertiary/aromatic N) is 1. The van der Waals surface area contributed by atoms with Gasteiger partial charge in [-0.25, -0.2) is 0 Å². The minimum atomic E-state index is -0.253. The number of oxime groups is 1. The first-order chi connectivity index (χ1) is 12.1. The number of aryl methyl sites for hydroxylation is 1. The number of benzene rings is 2. The number of carbonyl (C=O) groups is 1. The third kappa shape index (κ3) is 5.53. The van der Waals surface area contributed by atoms with Crippen LogP contribution in [0.25, 0.3) is 0 Å². The molecule has 132 valence electrons. The van der Waals surface area contributed by atoms with E-state index in [0.717, 1.165) is 16.7 Å². The highest BCUT2D eigenvalue weighted by molar-refractivity contribution is 5.81. The highest BCUT2D eigenvalue weighted by Crippen LogP contribution is 2.27. The lowest BCUT2D eigenvalue weighted by molar-refractivity contribution is -0.125. The number of amides is 1. The van der Waals surface area contributed by atoms with E-state index in [-0.39, 0.29) is 12.5 Å². The molecule has 6 nitrogen and oxygen atoms in total. The van der Waals surface area contributed by atoms with Gasteiger partial charge in [-0.3, -0.25) is 4.79 Å². The lowest BCUT2D eigenvalue weighted by Crippen LogP contribution is -2.26. The summed E-state index contributed by atoms with van der Waals surface area (Å²) < 4.78 is 10.4. The first-order valence-electron chi connectivity index (χ1n) is 7.82. The summed E-state index contributed by atoms with van der Waals surface area (Å²) in [6, 6.07) is 13.3. The molecule has 0 spiro atoms. The van der Waals surface area contributed by atoms with Crippen molar-refractivity contribution >= 4 is 12.1 Å². The van der Waals surface area contributed by atoms with Crippen molar-refractivity contribution in [3.8, 4) is 11.5 Å². The van der Waals surface area contributed by atoms with Gasteiger partial charge in [-0.2, -0.15) is 0 Å². The van der Waals surface area contributed by atoms with Crippen molar-refractivity contribution in [2.45, 2.75) is 13.5 Å². The van der Waals surface area contributed by atoms with E-state index in [9.17, 15) is 4.79 Å².